The third-order valence-electron chi connectivity index (χ3n) is 27.5. The summed E-state index contributed by atoms with van der Waals surface area (Å²) in [4.78, 5) is 30.1. The predicted molar refractivity (Wildman–Crippen MR) is 562 cm³/mol. The Bertz CT molecular complexity index is 9270. The molecule has 6 heteroatoms. The third kappa shape index (κ3) is 13.2. The van der Waals surface area contributed by atoms with E-state index in [1.165, 1.54) is 114 Å². The zero-order valence-electron chi connectivity index (χ0n) is 72.7. The Hall–Kier alpha value is -17.8. The average molecular weight is 1700 g/mol. The van der Waals surface area contributed by atoms with Crippen molar-refractivity contribution in [2.75, 3.05) is 0 Å². The maximum Gasteiger partial charge on any atom is 0.0702 e. The highest BCUT2D eigenvalue weighted by Crippen LogP contribution is 2.53. The maximum absolute atomic E-state index is 5.38. The van der Waals surface area contributed by atoms with Gasteiger partial charge < -0.3 is 0 Å². The lowest BCUT2D eigenvalue weighted by atomic mass is 9.83. The van der Waals surface area contributed by atoms with Crippen LogP contribution >= 0.6 is 0 Å². The molecule has 0 fully saturated rings. The van der Waals surface area contributed by atoms with E-state index in [0.717, 1.165) is 160 Å². The average Bonchev–Trinajstić information content (AvgIpc) is 0.721. The van der Waals surface area contributed by atoms with Gasteiger partial charge in [-0.2, -0.15) is 0 Å². The molecule has 134 heavy (non-hydrogen) atoms. The molecule has 0 aliphatic heterocycles. The highest BCUT2D eigenvalue weighted by atomic mass is 14.7. The van der Waals surface area contributed by atoms with Crippen LogP contribution in [0.5, 0.6) is 0 Å². The first-order valence-electron chi connectivity index (χ1n) is 45.7. The van der Waals surface area contributed by atoms with E-state index in [9.17, 15) is 0 Å². The molecule has 6 nitrogen and oxygen atoms in total. The second kappa shape index (κ2) is 32.1. The molecule has 0 bridgehead atoms. The Morgan fingerprint density at radius 2 is 0.410 bits per heavy atom. The van der Waals surface area contributed by atoms with Gasteiger partial charge in [0.1, 0.15) is 0 Å². The minimum atomic E-state index is 0.867. The molecule has 620 valence electrons. The Balaban J connectivity index is 0.556. The number of rotatable bonds is 14. The zero-order chi connectivity index (χ0) is 88.3. The summed E-state index contributed by atoms with van der Waals surface area (Å²) in [5, 5.41) is 26.1. The molecule has 26 rings (SSSR count). The van der Waals surface area contributed by atoms with E-state index >= 15 is 0 Å². The van der Waals surface area contributed by atoms with Gasteiger partial charge in [-0.25, -0.2) is 0 Å². The fourth-order valence-electron chi connectivity index (χ4n) is 21.2. The van der Waals surface area contributed by atoms with E-state index in [-0.39, 0.29) is 0 Å². The molecular weight excluding hydrogens is 1620 g/mol. The molecule has 20 aromatic carbocycles. The first kappa shape index (κ1) is 77.3. The molecule has 0 spiro atoms. The second-order valence-corrected chi connectivity index (χ2v) is 35.1. The van der Waals surface area contributed by atoms with Crippen LogP contribution in [0.1, 0.15) is 0 Å². The quantitative estimate of drug-likeness (QED) is 0.0797. The van der Waals surface area contributed by atoms with E-state index in [1.807, 2.05) is 55.6 Å². The van der Waals surface area contributed by atoms with Crippen LogP contribution in [0.25, 0.3) is 275 Å². The minimum absolute atomic E-state index is 0.867. The van der Waals surface area contributed by atoms with Crippen LogP contribution in [-0.4, -0.2) is 29.9 Å². The lowest BCUT2D eigenvalue weighted by Crippen LogP contribution is -1.94. The van der Waals surface area contributed by atoms with E-state index in [0.29, 0.717) is 0 Å². The number of benzene rings is 20. The van der Waals surface area contributed by atoms with Gasteiger partial charge >= 0.3 is 0 Å². The van der Waals surface area contributed by atoms with Gasteiger partial charge in [0, 0.05) is 117 Å². The van der Waals surface area contributed by atoms with Gasteiger partial charge in [0.05, 0.1) is 17.1 Å². The Morgan fingerprint density at radius 3 is 0.881 bits per heavy atom. The highest BCUT2D eigenvalue weighted by molar-refractivity contribution is 6.29. The van der Waals surface area contributed by atoms with E-state index in [2.05, 4.69) is 417 Å². The van der Waals surface area contributed by atoms with Crippen LogP contribution in [0.4, 0.5) is 0 Å². The molecule has 0 amide bonds. The fraction of sp³-hybridized carbons (Fsp3) is 0. The standard InChI is InChI=1S/C128H78N6/c1-4-24-80(25-5-1)123-105-38-18-21-41-108(105)128(115-67-87-32-13-15-35-101(87)113-64-84(44-52-104(113)115)96-62-98(74-130-72-96)94-50-58-121(133-77-94)89-48-56-112-118(69-89)124(81-26-6-2-7-27-81)106-39-19-20-40-107(106)127(112)114-66-86-31-12-14-34-100(86)102-36-16-17-37-103(102)114)119-70-90(47-55-111(119)123)122-59-51-95(78-134-122)99-63-97(73-131-75-99)85-45-53-109-116(65-85)125(82-28-8-3-9-29-82)117-68-88(120-57-49-93(76-132-120)92-33-22-60-129-71-92)46-54-110(117)126(109)91-43-42-79-23-10-11-30-83(79)61-91/h1-78H. The topological polar surface area (TPSA) is 77.3 Å². The van der Waals surface area contributed by atoms with Crippen molar-refractivity contribution < 1.29 is 0 Å². The zero-order valence-corrected chi connectivity index (χ0v) is 72.7. The first-order chi connectivity index (χ1) is 66.4. The van der Waals surface area contributed by atoms with Crippen molar-refractivity contribution in [1.29, 1.82) is 0 Å². The van der Waals surface area contributed by atoms with Crippen molar-refractivity contribution in [3.05, 3.63) is 474 Å². The minimum Gasteiger partial charge on any atom is -0.264 e. The Kier molecular flexibility index (Phi) is 18.5. The molecule has 26 aromatic rings. The molecule has 0 aliphatic rings. The first-order valence-corrected chi connectivity index (χ1v) is 45.7. The van der Waals surface area contributed by atoms with Gasteiger partial charge in [-0.05, 0) is 281 Å². The molecule has 0 N–H and O–H groups in total. The van der Waals surface area contributed by atoms with Crippen LogP contribution in [0.2, 0.25) is 0 Å². The molecule has 0 saturated heterocycles. The normalized spacial score (nSPS) is 11.7. The molecule has 6 heterocycles. The van der Waals surface area contributed by atoms with Crippen molar-refractivity contribution in [3.63, 3.8) is 0 Å². The number of hydrogen-bond donors (Lipinski definition) is 0. The summed E-state index contributed by atoms with van der Waals surface area (Å²) in [6.07, 6.45) is 17.6. The van der Waals surface area contributed by atoms with E-state index < -0.39 is 0 Å². The lowest BCUT2D eigenvalue weighted by molar-refractivity contribution is 1.30. The van der Waals surface area contributed by atoms with Gasteiger partial charge in [0.25, 0.3) is 0 Å². The summed E-state index contributed by atoms with van der Waals surface area (Å²) in [6, 6.07) is 154. The van der Waals surface area contributed by atoms with Crippen molar-refractivity contribution in [2.45, 2.75) is 0 Å². The summed E-state index contributed by atoms with van der Waals surface area (Å²) in [5.41, 5.74) is 30.0. The number of pyridine rings is 6. The van der Waals surface area contributed by atoms with Gasteiger partial charge in [-0.15, -0.1) is 0 Å². The summed E-state index contributed by atoms with van der Waals surface area (Å²) < 4.78 is 0. The fourth-order valence-corrected chi connectivity index (χ4v) is 21.2. The molecule has 6 aromatic heterocycles. The number of nitrogens with zero attached hydrogens (tertiary/aromatic N) is 6. The molecular formula is C128H78N6. The smallest absolute Gasteiger partial charge is 0.0702 e. The SMILES string of the molecule is c1ccc(-c2c3cc(-c4cncc(-c5ccc(-c6ccc7c(-c8ccccc8)c8ccccc8c(-c8cc9ccccc9c9cc(-c%10cncc(-c%11ccc(-c%12ccc%13c(-c%14cc%15ccccc%15c%15ccccc%14%15)c%14ccccc%14c(-c%14ccccc%14)c%13c%12)nc%11)c%10)ccc89)c7c6)nc5)c4)ccc3c(-c3ccc4ccccc4c3)c3ccc(-c4ccc(-c5cccnc5)cn4)cc23)cc1. The molecule has 0 radical (unpaired) electrons. The van der Waals surface area contributed by atoms with Gasteiger partial charge in [-0.1, -0.05) is 334 Å². The number of aromatic nitrogens is 6. The van der Waals surface area contributed by atoms with E-state index in [1.54, 1.807) is 6.20 Å². The predicted octanol–water partition coefficient (Wildman–Crippen LogP) is 34.1. The molecule has 0 aliphatic carbocycles. The summed E-state index contributed by atoms with van der Waals surface area (Å²) in [5.74, 6) is 0. The summed E-state index contributed by atoms with van der Waals surface area (Å²) in [6.45, 7) is 0. The Morgan fingerprint density at radius 1 is 0.119 bits per heavy atom. The summed E-state index contributed by atoms with van der Waals surface area (Å²) in [7, 11) is 0. The molecule has 0 unspecified atom stereocenters. The Labute approximate surface area is 773 Å². The summed E-state index contributed by atoms with van der Waals surface area (Å²) >= 11 is 0. The monoisotopic (exact) mass is 1700 g/mol. The lowest BCUT2D eigenvalue weighted by Gasteiger charge is -2.20. The number of hydrogen-bond acceptors (Lipinski definition) is 6. The van der Waals surface area contributed by atoms with Crippen molar-refractivity contribution in [2.24, 2.45) is 0 Å². The van der Waals surface area contributed by atoms with Crippen LogP contribution in [0.3, 0.4) is 0 Å². The largest absolute Gasteiger partial charge is 0.264 e. The van der Waals surface area contributed by atoms with Crippen LogP contribution in [0, 0.1) is 0 Å². The van der Waals surface area contributed by atoms with Gasteiger partial charge in [0.15, 0.2) is 0 Å². The van der Waals surface area contributed by atoms with Crippen molar-refractivity contribution >= 4 is 118 Å². The van der Waals surface area contributed by atoms with Crippen LogP contribution in [0.15, 0.2) is 474 Å². The molecule has 0 atom stereocenters. The van der Waals surface area contributed by atoms with E-state index in [4.69, 9.17) is 24.9 Å². The van der Waals surface area contributed by atoms with Crippen LogP contribution in [-0.2, 0) is 0 Å². The second-order valence-electron chi connectivity index (χ2n) is 35.1. The van der Waals surface area contributed by atoms with Crippen molar-refractivity contribution in [3.8, 4) is 156 Å². The molecule has 0 saturated carbocycles. The van der Waals surface area contributed by atoms with Gasteiger partial charge in [0.2, 0.25) is 0 Å². The van der Waals surface area contributed by atoms with Crippen molar-refractivity contribution in [1.82, 2.24) is 29.9 Å². The van der Waals surface area contributed by atoms with Crippen LogP contribution < -0.4 is 0 Å². The maximum atomic E-state index is 5.38. The number of fused-ring (bicyclic) bond motifs is 13. The third-order valence-corrected chi connectivity index (χ3v) is 27.5. The van der Waals surface area contributed by atoms with Gasteiger partial charge in [-0.3, -0.25) is 29.9 Å². The highest BCUT2D eigenvalue weighted by Gasteiger charge is 2.26.